The first-order chi connectivity index (χ1) is 15.1. The molecule has 0 saturated carbocycles. The first-order valence-electron chi connectivity index (χ1n) is 10.6. The van der Waals surface area contributed by atoms with Crippen LogP contribution >= 0.6 is 0 Å². The van der Waals surface area contributed by atoms with Gasteiger partial charge in [-0.05, 0) is 20.8 Å². The number of hydrogen-bond acceptors (Lipinski definition) is 9. The lowest BCUT2D eigenvalue weighted by atomic mass is 9.96. The molecule has 0 aliphatic carbocycles. The highest BCUT2D eigenvalue weighted by atomic mass is 16.6. The second kappa shape index (κ2) is 13.1. The first-order valence-corrected chi connectivity index (χ1v) is 10.6. The Balaban J connectivity index is 0.000000633. The van der Waals surface area contributed by atoms with Crippen molar-refractivity contribution in [3.05, 3.63) is 12.3 Å². The second-order valence-electron chi connectivity index (χ2n) is 8.80. The van der Waals surface area contributed by atoms with Gasteiger partial charge in [0.1, 0.15) is 17.9 Å². The minimum atomic E-state index is -0.745. The highest BCUT2D eigenvalue weighted by Crippen LogP contribution is 2.29. The number of ether oxygens (including phenoxy) is 4. The van der Waals surface area contributed by atoms with Gasteiger partial charge in [-0.2, -0.15) is 0 Å². The summed E-state index contributed by atoms with van der Waals surface area (Å²) in [6.45, 7) is 15.8. The summed E-state index contributed by atoms with van der Waals surface area (Å²) in [7, 11) is 2.82. The summed E-state index contributed by atoms with van der Waals surface area (Å²) >= 11 is 0. The predicted molar refractivity (Wildman–Crippen MR) is 118 cm³/mol. The molecule has 0 bridgehead atoms. The number of hydrogen-bond donors (Lipinski definition) is 0. The number of likely N-dealkylation sites (tertiary alicyclic amines) is 1. The van der Waals surface area contributed by atoms with Gasteiger partial charge in [0.15, 0.2) is 0 Å². The van der Waals surface area contributed by atoms with Crippen molar-refractivity contribution in [2.75, 3.05) is 27.4 Å². The van der Waals surface area contributed by atoms with Gasteiger partial charge in [0.25, 0.3) is 0 Å². The van der Waals surface area contributed by atoms with Gasteiger partial charge in [-0.15, -0.1) is 0 Å². The van der Waals surface area contributed by atoms with Crippen molar-refractivity contribution in [1.29, 1.82) is 0 Å². The van der Waals surface area contributed by atoms with E-state index in [1.807, 2.05) is 0 Å². The highest BCUT2D eigenvalue weighted by Gasteiger charge is 2.45. The molecule has 1 heterocycles. The summed E-state index contributed by atoms with van der Waals surface area (Å²) < 4.78 is 19.3. The molecule has 4 atom stereocenters. The van der Waals surface area contributed by atoms with Gasteiger partial charge in [0.05, 0.1) is 25.6 Å². The smallest absolute Gasteiger partial charge is 0.355 e. The van der Waals surface area contributed by atoms with Crippen molar-refractivity contribution >= 4 is 29.7 Å². The standard InChI is InChI=1S/C13H19NO4.C10H18O5/c1-7-8(2)11(16)14(10(7)15)9(3)12(17)18-13(4,5)6;1-7(9(11)14-4)8(2)10(12)15-6-5-13-3/h7-8H,3H2,1-2,4-6H3;7-8H,5-6H2,1-4H3. The van der Waals surface area contributed by atoms with E-state index in [0.717, 1.165) is 4.90 Å². The molecule has 0 aromatic carbocycles. The molecule has 10 heteroatoms. The van der Waals surface area contributed by atoms with E-state index in [0.29, 0.717) is 6.61 Å². The zero-order valence-electron chi connectivity index (χ0n) is 21.1. The maximum Gasteiger partial charge on any atom is 0.355 e. The zero-order valence-corrected chi connectivity index (χ0v) is 21.1. The molecule has 1 aliphatic heterocycles. The molecule has 33 heavy (non-hydrogen) atoms. The van der Waals surface area contributed by atoms with Gasteiger partial charge in [0, 0.05) is 18.9 Å². The summed E-state index contributed by atoms with van der Waals surface area (Å²) in [5, 5.41) is 0. The molecule has 0 spiro atoms. The van der Waals surface area contributed by atoms with E-state index in [-0.39, 0.29) is 12.3 Å². The topological polar surface area (TPSA) is 126 Å². The van der Waals surface area contributed by atoms with Crippen molar-refractivity contribution in [2.24, 2.45) is 23.7 Å². The summed E-state index contributed by atoms with van der Waals surface area (Å²) in [4.78, 5) is 58.9. The molecular weight excluding hydrogens is 434 g/mol. The monoisotopic (exact) mass is 471 g/mol. The quantitative estimate of drug-likeness (QED) is 0.172. The Hall–Kier alpha value is -2.75. The molecule has 0 aromatic heterocycles. The van der Waals surface area contributed by atoms with Crippen molar-refractivity contribution in [3.8, 4) is 0 Å². The summed E-state index contributed by atoms with van der Waals surface area (Å²) in [5.41, 5.74) is -0.903. The van der Waals surface area contributed by atoms with Crippen LogP contribution in [0.25, 0.3) is 0 Å². The van der Waals surface area contributed by atoms with E-state index < -0.39 is 59.0 Å². The average molecular weight is 472 g/mol. The minimum Gasteiger partial charge on any atom is -0.469 e. The van der Waals surface area contributed by atoms with Gasteiger partial charge < -0.3 is 18.9 Å². The Morgan fingerprint density at radius 2 is 1.39 bits per heavy atom. The molecule has 0 aromatic rings. The van der Waals surface area contributed by atoms with Gasteiger partial charge >= 0.3 is 17.9 Å². The first kappa shape index (κ1) is 30.2. The molecule has 0 N–H and O–H groups in total. The van der Waals surface area contributed by atoms with Crippen molar-refractivity contribution in [3.63, 3.8) is 0 Å². The molecule has 2 amide bonds. The fraction of sp³-hybridized carbons (Fsp3) is 0.696. The summed E-state index contributed by atoms with van der Waals surface area (Å²) in [6.07, 6.45) is 0. The fourth-order valence-electron chi connectivity index (χ4n) is 2.59. The molecule has 1 saturated heterocycles. The van der Waals surface area contributed by atoms with E-state index in [2.05, 4.69) is 11.3 Å². The Bertz CT molecular complexity index is 734. The Morgan fingerprint density at radius 1 is 0.939 bits per heavy atom. The van der Waals surface area contributed by atoms with Crippen LogP contribution in [0.2, 0.25) is 0 Å². The van der Waals surface area contributed by atoms with Gasteiger partial charge in [0.2, 0.25) is 11.8 Å². The lowest BCUT2D eigenvalue weighted by Gasteiger charge is -2.23. The number of methoxy groups -OCH3 is 2. The Kier molecular flexibility index (Phi) is 12.0. The Morgan fingerprint density at radius 3 is 1.79 bits per heavy atom. The van der Waals surface area contributed by atoms with Gasteiger partial charge in [-0.3, -0.25) is 19.2 Å². The number of rotatable bonds is 8. The van der Waals surface area contributed by atoms with Crippen LogP contribution in [0.1, 0.15) is 48.5 Å². The molecule has 10 nitrogen and oxygen atoms in total. The van der Waals surface area contributed by atoms with Crippen LogP contribution in [0, 0.1) is 23.7 Å². The third kappa shape index (κ3) is 8.95. The lowest BCUT2D eigenvalue weighted by Crippen LogP contribution is -2.36. The van der Waals surface area contributed by atoms with Crippen LogP contribution in [0.3, 0.4) is 0 Å². The minimum absolute atomic E-state index is 0.202. The molecule has 4 unspecified atom stereocenters. The van der Waals surface area contributed by atoms with Gasteiger partial charge in [-0.25, -0.2) is 9.69 Å². The number of esters is 3. The predicted octanol–water partition coefficient (Wildman–Crippen LogP) is 2.10. The SMILES string of the molecule is C=C(C(=O)OC(C)(C)C)N1C(=O)C(C)C(C)C1=O.COCCOC(=O)C(C)C(C)C(=O)OC. The molecule has 1 aliphatic rings. The van der Waals surface area contributed by atoms with Crippen LogP contribution in [-0.4, -0.2) is 67.7 Å². The number of imide groups is 1. The normalized spacial score (nSPS) is 19.7. The maximum absolute atomic E-state index is 11.9. The van der Waals surface area contributed by atoms with Gasteiger partial charge in [-0.1, -0.05) is 34.3 Å². The molecule has 0 radical (unpaired) electrons. The largest absolute Gasteiger partial charge is 0.469 e. The van der Waals surface area contributed by atoms with Crippen LogP contribution in [0.5, 0.6) is 0 Å². The zero-order chi connectivity index (χ0) is 26.1. The van der Waals surface area contributed by atoms with E-state index in [1.165, 1.54) is 14.2 Å². The van der Waals surface area contributed by atoms with Crippen LogP contribution < -0.4 is 0 Å². The summed E-state index contributed by atoms with van der Waals surface area (Å²) in [6, 6.07) is 0. The second-order valence-corrected chi connectivity index (χ2v) is 8.80. The number of amides is 2. The van der Waals surface area contributed by atoms with Crippen molar-refractivity contribution < 1.29 is 42.9 Å². The third-order valence-corrected chi connectivity index (χ3v) is 5.10. The third-order valence-electron chi connectivity index (χ3n) is 5.10. The van der Waals surface area contributed by atoms with Crippen molar-refractivity contribution in [2.45, 2.75) is 54.1 Å². The molecular formula is C23H37NO9. The average Bonchev–Trinajstić information content (AvgIpc) is 2.93. The molecule has 1 rings (SSSR count). The lowest BCUT2D eigenvalue weighted by molar-refractivity contribution is -0.158. The van der Waals surface area contributed by atoms with E-state index in [1.54, 1.807) is 48.5 Å². The maximum atomic E-state index is 11.9. The number of nitrogens with zero attached hydrogens (tertiary/aromatic N) is 1. The molecule has 1 fully saturated rings. The van der Waals surface area contributed by atoms with E-state index in [9.17, 15) is 24.0 Å². The van der Waals surface area contributed by atoms with Crippen LogP contribution in [0.15, 0.2) is 12.3 Å². The van der Waals surface area contributed by atoms with Crippen LogP contribution in [-0.2, 0) is 42.9 Å². The number of carbonyl (C=O) groups is 5. The fourth-order valence-corrected chi connectivity index (χ4v) is 2.59. The van der Waals surface area contributed by atoms with E-state index >= 15 is 0 Å². The van der Waals surface area contributed by atoms with E-state index in [4.69, 9.17) is 14.2 Å². The number of carbonyl (C=O) groups excluding carboxylic acids is 5. The van der Waals surface area contributed by atoms with Crippen molar-refractivity contribution in [1.82, 2.24) is 4.90 Å². The molecule has 188 valence electrons. The Labute approximate surface area is 195 Å². The summed E-state index contributed by atoms with van der Waals surface area (Å²) in [5.74, 6) is -4.24. The van der Waals surface area contributed by atoms with Crippen LogP contribution in [0.4, 0.5) is 0 Å². The highest BCUT2D eigenvalue weighted by molar-refractivity contribution is 6.11.